The van der Waals surface area contributed by atoms with Gasteiger partial charge in [0, 0.05) is 17.8 Å². The van der Waals surface area contributed by atoms with Gasteiger partial charge in [-0.15, -0.1) is 11.3 Å². The summed E-state index contributed by atoms with van der Waals surface area (Å²) in [4.78, 5) is 11.8. The summed E-state index contributed by atoms with van der Waals surface area (Å²) in [6.45, 7) is 4.61. The summed E-state index contributed by atoms with van der Waals surface area (Å²) in [5, 5.41) is 15.0. The summed E-state index contributed by atoms with van der Waals surface area (Å²) in [7, 11) is 0. The number of aliphatic hydroxyl groups excluding tert-OH is 1. The Morgan fingerprint density at radius 3 is 2.36 bits per heavy atom. The molecule has 28 heavy (non-hydrogen) atoms. The maximum Gasteiger partial charge on any atom is 0.138 e. The Labute approximate surface area is 168 Å². The number of nitrogens with zero attached hydrogens (tertiary/aromatic N) is 2. The van der Waals surface area contributed by atoms with E-state index in [1.165, 1.54) is 16.0 Å². The maximum absolute atomic E-state index is 10.5. The van der Waals surface area contributed by atoms with Gasteiger partial charge in [-0.25, -0.2) is 9.97 Å². The Hall–Kier alpha value is -2.76. The van der Waals surface area contributed by atoms with Gasteiger partial charge >= 0.3 is 0 Å². The van der Waals surface area contributed by atoms with Crippen molar-refractivity contribution in [1.29, 1.82) is 0 Å². The Bertz CT molecular complexity index is 1080. The molecule has 2 N–H and O–H groups in total. The maximum atomic E-state index is 10.5. The summed E-state index contributed by atoms with van der Waals surface area (Å²) < 4.78 is 0. The highest BCUT2D eigenvalue weighted by molar-refractivity contribution is 7.18. The van der Waals surface area contributed by atoms with Gasteiger partial charge in [0.2, 0.25) is 0 Å². The normalized spacial score (nSPS) is 12.2. The number of benzene rings is 2. The SMILES string of the molecule is Cc1sc2nc(Cc3ccccc3)nc(NCC(O)c3ccccc3)c2c1C. The largest absolute Gasteiger partial charge is 0.387 e. The number of aryl methyl sites for hydroxylation is 2. The summed E-state index contributed by atoms with van der Waals surface area (Å²) >= 11 is 1.69. The molecule has 0 spiro atoms. The minimum Gasteiger partial charge on any atom is -0.387 e. The third-order valence-corrected chi connectivity index (χ3v) is 6.03. The van der Waals surface area contributed by atoms with Crippen molar-refractivity contribution in [1.82, 2.24) is 9.97 Å². The number of aromatic nitrogens is 2. The van der Waals surface area contributed by atoms with Crippen molar-refractivity contribution in [3.8, 4) is 0 Å². The first kappa shape index (κ1) is 18.6. The monoisotopic (exact) mass is 389 g/mol. The molecule has 0 aliphatic carbocycles. The smallest absolute Gasteiger partial charge is 0.138 e. The lowest BCUT2D eigenvalue weighted by atomic mass is 10.1. The van der Waals surface area contributed by atoms with E-state index in [1.807, 2.05) is 48.5 Å². The van der Waals surface area contributed by atoms with Crippen LogP contribution >= 0.6 is 11.3 Å². The lowest BCUT2D eigenvalue weighted by Gasteiger charge is -2.14. The minimum atomic E-state index is -0.594. The Kier molecular flexibility index (Phi) is 5.37. The van der Waals surface area contributed by atoms with Crippen LogP contribution in [-0.4, -0.2) is 21.6 Å². The fourth-order valence-electron chi connectivity index (χ4n) is 3.27. The average molecular weight is 390 g/mol. The zero-order chi connectivity index (χ0) is 19.5. The van der Waals surface area contributed by atoms with Gasteiger partial charge < -0.3 is 10.4 Å². The molecule has 4 rings (SSSR count). The molecule has 2 aromatic heterocycles. The molecule has 0 fully saturated rings. The molecule has 1 atom stereocenters. The van der Waals surface area contributed by atoms with Gasteiger partial charge in [-0.1, -0.05) is 60.7 Å². The van der Waals surface area contributed by atoms with Crippen LogP contribution in [0.15, 0.2) is 60.7 Å². The fourth-order valence-corrected chi connectivity index (χ4v) is 4.31. The number of hydrogen-bond donors (Lipinski definition) is 2. The van der Waals surface area contributed by atoms with Crippen molar-refractivity contribution >= 4 is 27.4 Å². The molecule has 4 nitrogen and oxygen atoms in total. The molecule has 142 valence electrons. The molecule has 0 aliphatic rings. The molecule has 2 heterocycles. The highest BCUT2D eigenvalue weighted by Crippen LogP contribution is 2.33. The van der Waals surface area contributed by atoms with E-state index >= 15 is 0 Å². The topological polar surface area (TPSA) is 58.0 Å². The van der Waals surface area contributed by atoms with Crippen molar-refractivity contribution in [2.75, 3.05) is 11.9 Å². The summed E-state index contributed by atoms with van der Waals surface area (Å²) in [6.07, 6.45) is 0.0895. The second-order valence-corrected chi connectivity index (χ2v) is 8.12. The summed E-state index contributed by atoms with van der Waals surface area (Å²) in [5.74, 6) is 1.59. The van der Waals surface area contributed by atoms with Gasteiger partial charge in [0.05, 0.1) is 11.5 Å². The van der Waals surface area contributed by atoms with Crippen LogP contribution in [0, 0.1) is 13.8 Å². The van der Waals surface area contributed by atoms with E-state index in [2.05, 4.69) is 31.3 Å². The Morgan fingerprint density at radius 2 is 1.64 bits per heavy atom. The molecule has 0 radical (unpaired) electrons. The summed E-state index contributed by atoms with van der Waals surface area (Å²) in [6, 6.07) is 19.9. The standard InChI is InChI=1S/C23H23N3OS/c1-15-16(2)28-23-21(15)22(24-14-19(27)18-11-7-4-8-12-18)25-20(26-23)13-17-9-5-3-6-10-17/h3-12,19,27H,13-14H2,1-2H3,(H,24,25,26). The molecule has 0 bridgehead atoms. The molecule has 2 aromatic carbocycles. The van der Waals surface area contributed by atoms with Gasteiger partial charge in [0.1, 0.15) is 16.5 Å². The van der Waals surface area contributed by atoms with Crippen molar-refractivity contribution in [2.45, 2.75) is 26.4 Å². The molecule has 0 saturated carbocycles. The van der Waals surface area contributed by atoms with Crippen LogP contribution in [0.3, 0.4) is 0 Å². The number of aliphatic hydroxyl groups is 1. The first-order valence-electron chi connectivity index (χ1n) is 9.39. The lowest BCUT2D eigenvalue weighted by molar-refractivity contribution is 0.191. The van der Waals surface area contributed by atoms with Gasteiger partial charge in [0.25, 0.3) is 0 Å². The van der Waals surface area contributed by atoms with E-state index in [9.17, 15) is 5.11 Å². The van der Waals surface area contributed by atoms with Gasteiger partial charge in [-0.2, -0.15) is 0 Å². The zero-order valence-corrected chi connectivity index (χ0v) is 16.8. The van der Waals surface area contributed by atoms with E-state index in [0.717, 1.165) is 27.4 Å². The van der Waals surface area contributed by atoms with Gasteiger partial charge in [-0.05, 0) is 30.5 Å². The number of fused-ring (bicyclic) bond motifs is 1. The van der Waals surface area contributed by atoms with E-state index in [1.54, 1.807) is 11.3 Å². The van der Waals surface area contributed by atoms with Gasteiger partial charge in [-0.3, -0.25) is 0 Å². The van der Waals surface area contributed by atoms with E-state index < -0.39 is 6.10 Å². The van der Waals surface area contributed by atoms with Crippen LogP contribution in [0.2, 0.25) is 0 Å². The predicted octanol–water partition coefficient (Wildman–Crippen LogP) is 5.04. The second kappa shape index (κ2) is 8.09. The zero-order valence-electron chi connectivity index (χ0n) is 16.0. The molecule has 4 aromatic rings. The van der Waals surface area contributed by atoms with Crippen molar-refractivity contribution in [3.63, 3.8) is 0 Å². The molecule has 0 saturated heterocycles. The average Bonchev–Trinajstić information content (AvgIpc) is 3.01. The highest BCUT2D eigenvalue weighted by atomic mass is 32.1. The third kappa shape index (κ3) is 3.91. The minimum absolute atomic E-state index is 0.398. The lowest BCUT2D eigenvalue weighted by Crippen LogP contribution is -2.14. The Morgan fingerprint density at radius 1 is 0.964 bits per heavy atom. The number of thiophene rings is 1. The van der Waals surface area contributed by atoms with Crippen LogP contribution in [0.5, 0.6) is 0 Å². The van der Waals surface area contributed by atoms with E-state index in [4.69, 9.17) is 9.97 Å². The Balaban J connectivity index is 1.65. The number of anilines is 1. The van der Waals surface area contributed by atoms with Crippen LogP contribution in [0.25, 0.3) is 10.2 Å². The number of hydrogen-bond acceptors (Lipinski definition) is 5. The van der Waals surface area contributed by atoms with E-state index in [-0.39, 0.29) is 0 Å². The van der Waals surface area contributed by atoms with Crippen LogP contribution < -0.4 is 5.32 Å². The van der Waals surface area contributed by atoms with Crippen LogP contribution in [0.4, 0.5) is 5.82 Å². The first-order chi connectivity index (χ1) is 13.6. The predicted molar refractivity (Wildman–Crippen MR) is 116 cm³/mol. The van der Waals surface area contributed by atoms with Crippen molar-refractivity contribution < 1.29 is 5.11 Å². The van der Waals surface area contributed by atoms with Crippen molar-refractivity contribution in [3.05, 3.63) is 88.1 Å². The van der Waals surface area contributed by atoms with Crippen LogP contribution in [0.1, 0.15) is 33.5 Å². The molecular weight excluding hydrogens is 366 g/mol. The highest BCUT2D eigenvalue weighted by Gasteiger charge is 2.16. The summed E-state index contributed by atoms with van der Waals surface area (Å²) in [5.41, 5.74) is 3.27. The molecule has 5 heteroatoms. The second-order valence-electron chi connectivity index (χ2n) is 6.92. The van der Waals surface area contributed by atoms with Crippen molar-refractivity contribution in [2.24, 2.45) is 0 Å². The van der Waals surface area contributed by atoms with Gasteiger partial charge in [0.15, 0.2) is 0 Å². The number of rotatable bonds is 6. The molecule has 1 unspecified atom stereocenters. The fraction of sp³-hybridized carbons (Fsp3) is 0.217. The number of nitrogens with one attached hydrogen (secondary N) is 1. The molecule has 0 aliphatic heterocycles. The first-order valence-corrected chi connectivity index (χ1v) is 10.2. The molecular formula is C23H23N3OS. The quantitative estimate of drug-likeness (QED) is 0.485. The van der Waals surface area contributed by atoms with E-state index in [0.29, 0.717) is 13.0 Å². The van der Waals surface area contributed by atoms with Crippen LogP contribution in [-0.2, 0) is 6.42 Å². The third-order valence-electron chi connectivity index (χ3n) is 4.93. The molecule has 0 amide bonds.